The Kier molecular flexibility index (Phi) is 8.49. The highest BCUT2D eigenvalue weighted by atomic mass is 32.1. The summed E-state index contributed by atoms with van der Waals surface area (Å²) in [6.07, 6.45) is 0. The van der Waals surface area contributed by atoms with Gasteiger partial charge in [0.2, 0.25) is 0 Å². The van der Waals surface area contributed by atoms with Crippen molar-refractivity contribution >= 4 is 128 Å². The highest BCUT2D eigenvalue weighted by molar-refractivity contribution is 7.25. The van der Waals surface area contributed by atoms with Gasteiger partial charge < -0.3 is 9.80 Å². The van der Waals surface area contributed by atoms with Gasteiger partial charge in [0.05, 0.1) is 11.4 Å². The summed E-state index contributed by atoms with van der Waals surface area (Å²) >= 11 is 5.69. The number of aryl methyl sites for hydroxylation is 2. The number of fused-ring (bicyclic) bond motifs is 9. The quantitative estimate of drug-likeness (QED) is 0.128. The van der Waals surface area contributed by atoms with Gasteiger partial charge in [-0.3, -0.25) is 0 Å². The van der Waals surface area contributed by atoms with Crippen LogP contribution in [0.1, 0.15) is 34.7 Å². The van der Waals surface area contributed by atoms with Crippen molar-refractivity contribution in [1.29, 1.82) is 0 Å². The van der Waals surface area contributed by atoms with Gasteiger partial charge in [0, 0.05) is 79.0 Å². The summed E-state index contributed by atoms with van der Waals surface area (Å²) in [7, 11) is -1.94. The van der Waals surface area contributed by atoms with E-state index in [2.05, 4.69) is 220 Å². The molecule has 0 spiro atoms. The van der Waals surface area contributed by atoms with Crippen LogP contribution >= 0.6 is 34.0 Å². The van der Waals surface area contributed by atoms with Crippen LogP contribution in [0.2, 0.25) is 13.1 Å². The van der Waals surface area contributed by atoms with Crippen LogP contribution in [0.25, 0.3) is 62.6 Å². The Balaban J connectivity index is 1.10. The molecule has 0 aliphatic carbocycles. The normalized spacial score (nSPS) is 14.8. The molecule has 0 unspecified atom stereocenters. The van der Waals surface area contributed by atoms with Crippen molar-refractivity contribution in [2.75, 3.05) is 9.80 Å². The van der Waals surface area contributed by atoms with E-state index in [4.69, 9.17) is 0 Å². The summed E-state index contributed by atoms with van der Waals surface area (Å²) in [6, 6.07) is 65.1. The van der Waals surface area contributed by atoms with E-state index in [1.54, 1.807) is 0 Å². The maximum absolute atomic E-state index is 2.56. The Bertz CT molecular complexity index is 3740. The van der Waals surface area contributed by atoms with Crippen LogP contribution in [0.3, 0.4) is 0 Å². The summed E-state index contributed by atoms with van der Waals surface area (Å²) in [6.45, 7) is 14.3. The van der Waals surface area contributed by atoms with E-state index >= 15 is 0 Å². The lowest BCUT2D eigenvalue weighted by atomic mass is 9.73. The second-order valence-electron chi connectivity index (χ2n) is 19.0. The molecule has 65 heavy (non-hydrogen) atoms. The summed E-state index contributed by atoms with van der Waals surface area (Å²) in [5.41, 5.74) is 12.6. The van der Waals surface area contributed by atoms with E-state index in [9.17, 15) is 0 Å². The van der Waals surface area contributed by atoms with Gasteiger partial charge in [0.25, 0.3) is 0 Å². The predicted molar refractivity (Wildman–Crippen MR) is 289 cm³/mol. The minimum atomic E-state index is -1.94. The van der Waals surface area contributed by atoms with Gasteiger partial charge >= 0.3 is 0 Å². The first-order valence-electron chi connectivity index (χ1n) is 22.6. The molecule has 0 bridgehead atoms. The van der Waals surface area contributed by atoms with Crippen LogP contribution in [0, 0.1) is 13.8 Å². The van der Waals surface area contributed by atoms with E-state index in [-0.39, 0.29) is 5.41 Å². The first-order valence-corrected chi connectivity index (χ1v) is 28.0. The Hall–Kier alpha value is -6.28. The molecule has 6 heteroatoms. The fraction of sp³-hybridized carbons (Fsp3) is 0.119. The average molecular weight is 907 g/mol. The van der Waals surface area contributed by atoms with Gasteiger partial charge in [-0.05, 0) is 142 Å². The van der Waals surface area contributed by atoms with E-state index < -0.39 is 8.07 Å². The van der Waals surface area contributed by atoms with Gasteiger partial charge in [-0.25, -0.2) is 0 Å². The largest absolute Gasteiger partial charge is 0.311 e. The molecule has 0 saturated carbocycles. The maximum atomic E-state index is 2.56. The Morgan fingerprint density at radius 3 is 1.51 bits per heavy atom. The molecule has 11 aromatic rings. The lowest BCUT2D eigenvalue weighted by Gasteiger charge is -2.42. The molecule has 0 atom stereocenters. The van der Waals surface area contributed by atoms with Crippen LogP contribution in [-0.2, 0) is 5.41 Å². The zero-order valence-corrected chi connectivity index (χ0v) is 40.7. The maximum Gasteiger partial charge on any atom is 0.117 e. The van der Waals surface area contributed by atoms with Gasteiger partial charge in [0.15, 0.2) is 0 Å². The number of benzene rings is 8. The monoisotopic (exact) mass is 906 g/mol. The lowest BCUT2D eigenvalue weighted by molar-refractivity contribution is 0.633. The fourth-order valence-electron chi connectivity index (χ4n) is 11.3. The second kappa shape index (κ2) is 14.1. The summed E-state index contributed by atoms with van der Waals surface area (Å²) in [4.78, 5) is 10.3. The van der Waals surface area contributed by atoms with Crippen LogP contribution in [0.4, 0.5) is 34.1 Å². The lowest BCUT2D eigenvalue weighted by Crippen LogP contribution is -2.58. The van der Waals surface area contributed by atoms with Gasteiger partial charge in [-0.15, -0.1) is 34.0 Å². The van der Waals surface area contributed by atoms with Crippen molar-refractivity contribution in [3.8, 4) is 20.9 Å². The number of para-hydroxylation sites is 3. The third-order valence-corrected chi connectivity index (χ3v) is 21.1. The fourth-order valence-corrected chi connectivity index (χ4v) is 17.3. The van der Waals surface area contributed by atoms with E-state index in [0.717, 1.165) is 0 Å². The Morgan fingerprint density at radius 1 is 0.400 bits per heavy atom. The number of hydrogen-bond donors (Lipinski definition) is 0. The molecule has 5 heterocycles. The number of nitrogens with zero attached hydrogens (tertiary/aromatic N) is 2. The van der Waals surface area contributed by atoms with Crippen molar-refractivity contribution in [3.63, 3.8) is 0 Å². The van der Waals surface area contributed by atoms with Crippen molar-refractivity contribution < 1.29 is 0 Å². The number of anilines is 6. The van der Waals surface area contributed by atoms with Crippen molar-refractivity contribution in [1.82, 2.24) is 0 Å². The summed E-state index contributed by atoms with van der Waals surface area (Å²) in [5.74, 6) is 0. The second-order valence-corrected chi connectivity index (χ2v) is 27.0. The van der Waals surface area contributed by atoms with Crippen molar-refractivity contribution in [2.45, 2.75) is 46.2 Å². The molecule has 0 saturated heterocycles. The van der Waals surface area contributed by atoms with E-state index in [0.29, 0.717) is 0 Å². The molecule has 0 amide bonds. The topological polar surface area (TPSA) is 6.48 Å². The minimum Gasteiger partial charge on any atom is -0.311 e. The number of rotatable bonds is 4. The summed E-state index contributed by atoms with van der Waals surface area (Å²) < 4.78 is 2.65. The molecule has 13 rings (SSSR count). The third-order valence-electron chi connectivity index (χ3n) is 14.4. The van der Waals surface area contributed by atoms with Crippen LogP contribution in [0.5, 0.6) is 0 Å². The van der Waals surface area contributed by atoms with Crippen molar-refractivity contribution in [3.05, 3.63) is 191 Å². The Morgan fingerprint density at radius 2 is 0.923 bits per heavy atom. The zero-order valence-electron chi connectivity index (χ0n) is 37.3. The van der Waals surface area contributed by atoms with Gasteiger partial charge in [-0.2, -0.15) is 0 Å². The van der Waals surface area contributed by atoms with E-state index in [1.165, 1.54) is 128 Å². The van der Waals surface area contributed by atoms with Gasteiger partial charge in [-0.1, -0.05) is 112 Å². The summed E-state index contributed by atoms with van der Waals surface area (Å²) in [5, 5.41) is 10.8. The smallest absolute Gasteiger partial charge is 0.117 e. The molecule has 314 valence electrons. The first-order chi connectivity index (χ1) is 31.6. The molecular formula is C59H46N2S3Si. The SMILES string of the molecule is Cc1ccc(-c2c3ccc(N4c5ccccc5[Si](C)(C)c5ccccc54)cc3c(-c3ccc(C)s3)c3ccc(N4c5ccccc5C(C)(C)c5cc6c(cc54)sc4ccccc46)cc23)s1. The van der Waals surface area contributed by atoms with Crippen LogP contribution in [0.15, 0.2) is 170 Å². The molecule has 2 nitrogen and oxygen atoms in total. The molecule has 0 fully saturated rings. The number of hydrogen-bond acceptors (Lipinski definition) is 5. The Labute approximate surface area is 393 Å². The molecule has 2 aliphatic rings. The molecule has 0 radical (unpaired) electrons. The first kappa shape index (κ1) is 39.1. The predicted octanol–water partition coefficient (Wildman–Crippen LogP) is 17.1. The van der Waals surface area contributed by atoms with Crippen LogP contribution < -0.4 is 20.2 Å². The van der Waals surface area contributed by atoms with Crippen molar-refractivity contribution in [2.24, 2.45) is 0 Å². The average Bonchev–Trinajstić information content (AvgIpc) is 4.05. The molecule has 2 aliphatic heterocycles. The molecule has 8 aromatic carbocycles. The number of thiophene rings is 3. The van der Waals surface area contributed by atoms with Crippen LogP contribution in [-0.4, -0.2) is 8.07 Å². The third kappa shape index (κ3) is 5.67. The minimum absolute atomic E-state index is 0.193. The van der Waals surface area contributed by atoms with Gasteiger partial charge in [0.1, 0.15) is 8.07 Å². The molecule has 3 aromatic heterocycles. The molecular weight excluding hydrogens is 861 g/mol. The molecule has 0 N–H and O–H groups in total. The standard InChI is InChI=1S/C59H46N2S3Si/c1-35-23-29-52(62-35)57-41-28-26-38(61-48-18-10-13-21-55(48)65(5,6)56-22-14-11-19-49(56)61)32-44(41)58(53-30-24-36(2)63-53)40-27-25-37(31-43(40)57)60-47-17-9-8-16-45(47)59(3,4)46-33-42-39-15-7-12-20-51(39)64-54(42)34-50(46)60/h7-34H,1-6H3. The zero-order chi connectivity index (χ0) is 43.9. The highest BCUT2D eigenvalue weighted by Crippen LogP contribution is 2.56. The highest BCUT2D eigenvalue weighted by Gasteiger charge is 2.40. The van der Waals surface area contributed by atoms with E-state index in [1.807, 2.05) is 34.0 Å².